The lowest BCUT2D eigenvalue weighted by molar-refractivity contribution is 0.0622. The van der Waals surface area contributed by atoms with Gasteiger partial charge in [-0.2, -0.15) is 0 Å². The summed E-state index contributed by atoms with van der Waals surface area (Å²) in [5, 5.41) is 0. The Balaban J connectivity index is 1.74. The Labute approximate surface area is 170 Å². The van der Waals surface area contributed by atoms with Crippen LogP contribution in [0.3, 0.4) is 0 Å². The molecule has 4 aromatic rings. The topological polar surface area (TPSA) is 27.1 Å². The molecule has 3 nitrogen and oxygen atoms in total. The van der Waals surface area contributed by atoms with Crippen LogP contribution in [-0.4, -0.2) is 9.55 Å². The van der Waals surface area contributed by atoms with E-state index >= 15 is 0 Å². The number of rotatable bonds is 6. The van der Waals surface area contributed by atoms with Crippen LogP contribution in [0.1, 0.15) is 28.5 Å². The first-order valence-corrected chi connectivity index (χ1v) is 9.60. The van der Waals surface area contributed by atoms with E-state index in [-0.39, 0.29) is 11.9 Å². The van der Waals surface area contributed by atoms with Crippen molar-refractivity contribution in [3.05, 3.63) is 114 Å². The summed E-state index contributed by atoms with van der Waals surface area (Å²) in [7, 11) is 1.94. The average molecular weight is 386 g/mol. The quantitative estimate of drug-likeness (QED) is 0.416. The van der Waals surface area contributed by atoms with Gasteiger partial charge in [0, 0.05) is 12.6 Å². The molecule has 0 amide bonds. The number of ether oxygens (including phenoxy) is 1. The van der Waals surface area contributed by atoms with Crippen molar-refractivity contribution in [2.75, 3.05) is 0 Å². The molecule has 0 N–H and O–H groups in total. The number of hydrogen-bond acceptors (Lipinski definition) is 2. The minimum absolute atomic E-state index is 0.241. The molecule has 4 heteroatoms. The van der Waals surface area contributed by atoms with E-state index in [0.717, 1.165) is 27.9 Å². The van der Waals surface area contributed by atoms with Gasteiger partial charge in [-0.25, -0.2) is 9.37 Å². The van der Waals surface area contributed by atoms with Gasteiger partial charge in [0.15, 0.2) is 0 Å². The van der Waals surface area contributed by atoms with Gasteiger partial charge in [-0.1, -0.05) is 60.7 Å². The number of nitrogens with zero attached hydrogens (tertiary/aromatic N) is 2. The molecule has 0 radical (unpaired) electrons. The zero-order valence-electron chi connectivity index (χ0n) is 16.5. The first kappa shape index (κ1) is 19.1. The first-order chi connectivity index (χ1) is 14.1. The highest BCUT2D eigenvalue weighted by Crippen LogP contribution is 2.33. The molecule has 0 spiro atoms. The van der Waals surface area contributed by atoms with Crippen LogP contribution in [0.4, 0.5) is 4.39 Å². The second-order valence-electron chi connectivity index (χ2n) is 7.16. The van der Waals surface area contributed by atoms with Crippen LogP contribution in [0.25, 0.3) is 11.1 Å². The molecule has 29 heavy (non-hydrogen) atoms. The fraction of sp³-hybridized carbons (Fsp3) is 0.160. The highest BCUT2D eigenvalue weighted by Gasteiger charge is 2.20. The molecular formula is C25H23FN2O. The van der Waals surface area contributed by atoms with Crippen LogP contribution in [0.5, 0.6) is 0 Å². The second-order valence-corrected chi connectivity index (χ2v) is 7.16. The van der Waals surface area contributed by atoms with Crippen molar-refractivity contribution in [2.45, 2.75) is 19.6 Å². The van der Waals surface area contributed by atoms with E-state index < -0.39 is 0 Å². The molecule has 0 saturated carbocycles. The van der Waals surface area contributed by atoms with E-state index in [4.69, 9.17) is 4.74 Å². The Bertz CT molecular complexity index is 1100. The summed E-state index contributed by atoms with van der Waals surface area (Å²) in [4.78, 5) is 4.24. The third kappa shape index (κ3) is 4.13. The van der Waals surface area contributed by atoms with Crippen molar-refractivity contribution in [3.63, 3.8) is 0 Å². The smallest absolute Gasteiger partial charge is 0.131 e. The predicted molar refractivity (Wildman–Crippen MR) is 113 cm³/mol. The molecule has 0 saturated heterocycles. The lowest BCUT2D eigenvalue weighted by atomic mass is 9.96. The highest BCUT2D eigenvalue weighted by molar-refractivity contribution is 5.68. The number of halogens is 1. The molecule has 0 bridgehead atoms. The lowest BCUT2D eigenvalue weighted by Gasteiger charge is -2.20. The molecule has 3 aromatic carbocycles. The second kappa shape index (κ2) is 8.41. The molecule has 1 heterocycles. The van der Waals surface area contributed by atoms with E-state index in [0.29, 0.717) is 12.2 Å². The van der Waals surface area contributed by atoms with E-state index in [1.165, 1.54) is 6.07 Å². The van der Waals surface area contributed by atoms with E-state index in [9.17, 15) is 4.39 Å². The van der Waals surface area contributed by atoms with E-state index in [2.05, 4.69) is 4.98 Å². The third-order valence-corrected chi connectivity index (χ3v) is 5.11. The number of benzene rings is 3. The standard InChI is InChI=1S/C25H23FN2O/c1-18-8-6-7-11-21(18)22-14-20(12-13-23(22)26)25(24-15-27-17-28(24)2)29-16-19-9-4-3-5-10-19/h3-15,17,25H,16H2,1-2H3. The van der Waals surface area contributed by atoms with Gasteiger partial charge in [0.2, 0.25) is 0 Å². The molecule has 0 fully saturated rings. The zero-order chi connectivity index (χ0) is 20.2. The van der Waals surface area contributed by atoms with Gasteiger partial charge < -0.3 is 9.30 Å². The normalized spacial score (nSPS) is 12.1. The van der Waals surface area contributed by atoms with Gasteiger partial charge in [-0.15, -0.1) is 0 Å². The molecule has 1 atom stereocenters. The summed E-state index contributed by atoms with van der Waals surface area (Å²) < 4.78 is 23.0. The third-order valence-electron chi connectivity index (χ3n) is 5.11. The summed E-state index contributed by atoms with van der Waals surface area (Å²) in [6.45, 7) is 2.44. The monoisotopic (exact) mass is 386 g/mol. The summed E-state index contributed by atoms with van der Waals surface area (Å²) in [5.74, 6) is -0.241. The van der Waals surface area contributed by atoms with Crippen LogP contribution in [0, 0.1) is 12.7 Å². The van der Waals surface area contributed by atoms with E-state index in [1.807, 2.05) is 79.2 Å². The van der Waals surface area contributed by atoms with Crippen molar-refractivity contribution >= 4 is 0 Å². The summed E-state index contributed by atoms with van der Waals surface area (Å²) in [5.41, 5.74) is 5.40. The zero-order valence-corrected chi connectivity index (χ0v) is 16.5. The summed E-state index contributed by atoms with van der Waals surface area (Å²) in [6.07, 6.45) is 3.19. The summed E-state index contributed by atoms with van der Waals surface area (Å²) in [6, 6.07) is 23.1. The van der Waals surface area contributed by atoms with Crippen LogP contribution >= 0.6 is 0 Å². The van der Waals surface area contributed by atoms with Crippen LogP contribution in [0.2, 0.25) is 0 Å². The van der Waals surface area contributed by atoms with Gasteiger partial charge in [0.25, 0.3) is 0 Å². The molecule has 146 valence electrons. The minimum atomic E-state index is -0.355. The Morgan fingerprint density at radius 2 is 1.72 bits per heavy atom. The number of imidazole rings is 1. The van der Waals surface area contributed by atoms with Gasteiger partial charge in [0.1, 0.15) is 11.9 Å². The lowest BCUT2D eigenvalue weighted by Crippen LogP contribution is -2.11. The fourth-order valence-corrected chi connectivity index (χ4v) is 3.51. The Kier molecular flexibility index (Phi) is 5.54. The summed E-state index contributed by atoms with van der Waals surface area (Å²) >= 11 is 0. The number of aryl methyl sites for hydroxylation is 2. The largest absolute Gasteiger partial charge is 0.363 e. The maximum absolute atomic E-state index is 14.7. The van der Waals surface area contributed by atoms with Crippen molar-refractivity contribution < 1.29 is 9.13 Å². The van der Waals surface area contributed by atoms with Crippen molar-refractivity contribution in [1.82, 2.24) is 9.55 Å². The highest BCUT2D eigenvalue weighted by atomic mass is 19.1. The van der Waals surface area contributed by atoms with Crippen molar-refractivity contribution in [2.24, 2.45) is 7.05 Å². The van der Waals surface area contributed by atoms with E-state index in [1.54, 1.807) is 18.6 Å². The van der Waals surface area contributed by atoms with Crippen LogP contribution in [0.15, 0.2) is 85.3 Å². The van der Waals surface area contributed by atoms with Crippen LogP contribution < -0.4 is 0 Å². The van der Waals surface area contributed by atoms with Gasteiger partial charge in [0.05, 0.1) is 24.8 Å². The van der Waals surface area contributed by atoms with Gasteiger partial charge in [-0.3, -0.25) is 0 Å². The molecule has 0 aliphatic carbocycles. The van der Waals surface area contributed by atoms with Crippen molar-refractivity contribution in [3.8, 4) is 11.1 Å². The average Bonchev–Trinajstić information content (AvgIpc) is 3.16. The number of aromatic nitrogens is 2. The van der Waals surface area contributed by atoms with Crippen molar-refractivity contribution in [1.29, 1.82) is 0 Å². The van der Waals surface area contributed by atoms with Crippen LogP contribution in [-0.2, 0) is 18.4 Å². The first-order valence-electron chi connectivity index (χ1n) is 9.60. The molecule has 0 aliphatic rings. The Morgan fingerprint density at radius 1 is 0.966 bits per heavy atom. The molecule has 1 aromatic heterocycles. The predicted octanol–water partition coefficient (Wildman–Crippen LogP) is 5.84. The SMILES string of the molecule is Cc1ccccc1-c1cc(C(OCc2ccccc2)c2cncn2C)ccc1F. The molecule has 4 rings (SSSR count). The number of hydrogen-bond donors (Lipinski definition) is 0. The maximum atomic E-state index is 14.7. The minimum Gasteiger partial charge on any atom is -0.363 e. The molecule has 1 unspecified atom stereocenters. The fourth-order valence-electron chi connectivity index (χ4n) is 3.51. The Morgan fingerprint density at radius 3 is 2.45 bits per heavy atom. The van der Waals surface area contributed by atoms with Gasteiger partial charge in [-0.05, 0) is 41.3 Å². The molecular weight excluding hydrogens is 363 g/mol. The maximum Gasteiger partial charge on any atom is 0.131 e. The molecule has 0 aliphatic heterocycles. The Hall–Kier alpha value is -3.24. The van der Waals surface area contributed by atoms with Gasteiger partial charge >= 0.3 is 0 Å².